The van der Waals surface area contributed by atoms with Crippen LogP contribution in [0.25, 0.3) is 0 Å². The van der Waals surface area contributed by atoms with Gasteiger partial charge in [-0.2, -0.15) is 0 Å². The zero-order chi connectivity index (χ0) is 16.7. The van der Waals surface area contributed by atoms with E-state index in [9.17, 15) is 4.79 Å². The number of carbonyl (C=O) groups is 1. The van der Waals surface area contributed by atoms with E-state index in [0.717, 1.165) is 39.1 Å². The maximum Gasteiger partial charge on any atom is 0.234 e. The average Bonchev–Trinajstić information content (AvgIpc) is 2.51. The lowest BCUT2D eigenvalue weighted by Gasteiger charge is -2.34. The molecule has 0 radical (unpaired) electrons. The van der Waals surface area contributed by atoms with Crippen molar-refractivity contribution in [3.05, 3.63) is 35.4 Å². The Labute approximate surface area is 139 Å². The molecule has 5 nitrogen and oxygen atoms in total. The molecular formula is C18H29N3O2. The number of hydrogen-bond acceptors (Lipinski definition) is 4. The van der Waals surface area contributed by atoms with Gasteiger partial charge in [0.1, 0.15) is 0 Å². The number of hydrogen-bond donors (Lipinski definition) is 2. The van der Waals surface area contributed by atoms with Crippen LogP contribution in [0.4, 0.5) is 0 Å². The lowest BCUT2D eigenvalue weighted by Crippen LogP contribution is -2.50. The smallest absolute Gasteiger partial charge is 0.234 e. The third-order valence-corrected chi connectivity index (χ3v) is 4.44. The summed E-state index contributed by atoms with van der Waals surface area (Å²) in [6.07, 6.45) is 0.864. The van der Waals surface area contributed by atoms with Gasteiger partial charge in [-0.1, -0.05) is 24.3 Å². The van der Waals surface area contributed by atoms with Crippen LogP contribution in [0.15, 0.2) is 24.3 Å². The van der Waals surface area contributed by atoms with E-state index in [2.05, 4.69) is 41.1 Å². The Balaban J connectivity index is 1.71. The quantitative estimate of drug-likeness (QED) is 0.775. The lowest BCUT2D eigenvalue weighted by molar-refractivity contribution is -0.123. The van der Waals surface area contributed by atoms with Crippen molar-refractivity contribution in [3.8, 4) is 0 Å². The summed E-state index contributed by atoms with van der Waals surface area (Å²) in [6, 6.07) is 8.45. The molecule has 0 bridgehead atoms. The molecule has 1 amide bonds. The van der Waals surface area contributed by atoms with Gasteiger partial charge in [-0.05, 0) is 31.4 Å². The van der Waals surface area contributed by atoms with Gasteiger partial charge in [0, 0.05) is 38.8 Å². The van der Waals surface area contributed by atoms with Gasteiger partial charge in [0.05, 0.1) is 13.2 Å². The third kappa shape index (κ3) is 5.94. The van der Waals surface area contributed by atoms with Gasteiger partial charge in [-0.25, -0.2) is 0 Å². The van der Waals surface area contributed by atoms with Crippen LogP contribution in [0, 0.1) is 6.92 Å². The molecule has 1 fully saturated rings. The van der Waals surface area contributed by atoms with Gasteiger partial charge in [-0.3, -0.25) is 14.6 Å². The number of nitrogens with one attached hydrogen (secondary N) is 1. The molecule has 128 valence electrons. The first-order valence-corrected chi connectivity index (χ1v) is 8.48. The van der Waals surface area contributed by atoms with Crippen LogP contribution in [-0.2, 0) is 11.2 Å². The summed E-state index contributed by atoms with van der Waals surface area (Å²) in [4.78, 5) is 16.6. The van der Waals surface area contributed by atoms with E-state index in [1.165, 1.54) is 11.1 Å². The van der Waals surface area contributed by atoms with Gasteiger partial charge in [-0.15, -0.1) is 0 Å². The molecule has 1 unspecified atom stereocenters. The number of nitrogens with zero attached hydrogens (tertiary/aromatic N) is 2. The molecule has 1 aliphatic rings. The van der Waals surface area contributed by atoms with Crippen molar-refractivity contribution in [2.24, 2.45) is 0 Å². The summed E-state index contributed by atoms with van der Waals surface area (Å²) >= 11 is 0. The molecule has 1 aromatic carbocycles. The molecule has 1 aliphatic heterocycles. The Morgan fingerprint density at radius 1 is 1.22 bits per heavy atom. The highest BCUT2D eigenvalue weighted by atomic mass is 16.3. The maximum atomic E-state index is 12.2. The molecule has 1 aromatic rings. The Hall–Kier alpha value is -1.43. The van der Waals surface area contributed by atoms with Crippen LogP contribution in [0.3, 0.4) is 0 Å². The highest BCUT2D eigenvalue weighted by Crippen LogP contribution is 2.09. The normalized spacial score (nSPS) is 17.9. The van der Waals surface area contributed by atoms with Crippen LogP contribution in [0.2, 0.25) is 0 Å². The minimum atomic E-state index is 0.0988. The molecule has 2 rings (SSSR count). The molecule has 0 aromatic heterocycles. The summed E-state index contributed by atoms with van der Waals surface area (Å²) in [5, 5.41) is 12.1. The van der Waals surface area contributed by atoms with Crippen LogP contribution >= 0.6 is 0 Å². The summed E-state index contributed by atoms with van der Waals surface area (Å²) in [6.45, 7) is 9.19. The number of rotatable bonds is 7. The summed E-state index contributed by atoms with van der Waals surface area (Å²) in [5.41, 5.74) is 2.56. The Kier molecular flexibility index (Phi) is 7.02. The molecular weight excluding hydrogens is 290 g/mol. The van der Waals surface area contributed by atoms with Crippen molar-refractivity contribution >= 4 is 5.91 Å². The van der Waals surface area contributed by atoms with Crippen molar-refractivity contribution in [1.82, 2.24) is 15.1 Å². The van der Waals surface area contributed by atoms with Gasteiger partial charge in [0.15, 0.2) is 0 Å². The number of carbonyl (C=O) groups excluding carboxylic acids is 1. The standard InChI is InChI=1S/C18H29N3O2/c1-15-5-3-4-6-17(15)13-16(2)19-18(23)14-21-9-7-20(8-10-21)11-12-22/h3-6,16,22H,7-14H2,1-2H3,(H,19,23). The number of aliphatic hydroxyl groups is 1. The van der Waals surface area contributed by atoms with Gasteiger partial charge in [0.2, 0.25) is 5.91 Å². The number of aryl methyl sites for hydroxylation is 1. The van der Waals surface area contributed by atoms with Gasteiger partial charge in [0.25, 0.3) is 0 Å². The van der Waals surface area contributed by atoms with Crippen LogP contribution in [0.5, 0.6) is 0 Å². The number of aliphatic hydroxyl groups excluding tert-OH is 1. The Morgan fingerprint density at radius 3 is 2.52 bits per heavy atom. The van der Waals surface area contributed by atoms with Gasteiger partial charge < -0.3 is 10.4 Å². The van der Waals surface area contributed by atoms with E-state index in [0.29, 0.717) is 6.54 Å². The first-order chi connectivity index (χ1) is 11.1. The number of benzene rings is 1. The highest BCUT2D eigenvalue weighted by Gasteiger charge is 2.19. The molecule has 0 saturated carbocycles. The largest absolute Gasteiger partial charge is 0.395 e. The molecule has 2 N–H and O–H groups in total. The second-order valence-electron chi connectivity index (χ2n) is 6.44. The second kappa shape index (κ2) is 9.01. The maximum absolute atomic E-state index is 12.2. The van der Waals surface area contributed by atoms with E-state index < -0.39 is 0 Å². The predicted octanol–water partition coefficient (Wildman–Crippen LogP) is 0.652. The van der Waals surface area contributed by atoms with Crippen LogP contribution < -0.4 is 5.32 Å². The molecule has 5 heteroatoms. The topological polar surface area (TPSA) is 55.8 Å². The first kappa shape index (κ1) is 17.9. The van der Waals surface area contributed by atoms with E-state index in [1.807, 2.05) is 12.1 Å². The number of β-amino-alcohol motifs (C(OH)–C–C–N with tert-alkyl or cyclic N) is 1. The Morgan fingerprint density at radius 2 is 1.87 bits per heavy atom. The van der Waals surface area contributed by atoms with Gasteiger partial charge >= 0.3 is 0 Å². The van der Waals surface area contributed by atoms with E-state index in [1.54, 1.807) is 0 Å². The van der Waals surface area contributed by atoms with Crippen molar-refractivity contribution < 1.29 is 9.90 Å². The minimum absolute atomic E-state index is 0.0988. The summed E-state index contributed by atoms with van der Waals surface area (Å²) in [5.74, 6) is 0.0988. The Bertz CT molecular complexity index is 499. The minimum Gasteiger partial charge on any atom is -0.395 e. The van der Waals surface area contributed by atoms with Crippen molar-refractivity contribution in [2.45, 2.75) is 26.3 Å². The van der Waals surface area contributed by atoms with E-state index >= 15 is 0 Å². The summed E-state index contributed by atoms with van der Waals surface area (Å²) < 4.78 is 0. The fourth-order valence-electron chi connectivity index (χ4n) is 3.06. The van der Waals surface area contributed by atoms with E-state index in [4.69, 9.17) is 5.11 Å². The fourth-order valence-corrected chi connectivity index (χ4v) is 3.06. The lowest BCUT2D eigenvalue weighted by atomic mass is 10.0. The summed E-state index contributed by atoms with van der Waals surface area (Å²) in [7, 11) is 0. The molecule has 23 heavy (non-hydrogen) atoms. The number of piperazine rings is 1. The molecule has 1 saturated heterocycles. The number of amides is 1. The average molecular weight is 319 g/mol. The molecule has 1 heterocycles. The fraction of sp³-hybridized carbons (Fsp3) is 0.611. The second-order valence-corrected chi connectivity index (χ2v) is 6.44. The first-order valence-electron chi connectivity index (χ1n) is 8.48. The van der Waals surface area contributed by atoms with Crippen molar-refractivity contribution in [3.63, 3.8) is 0 Å². The van der Waals surface area contributed by atoms with Crippen LogP contribution in [-0.4, -0.2) is 72.7 Å². The zero-order valence-corrected chi connectivity index (χ0v) is 14.3. The third-order valence-electron chi connectivity index (χ3n) is 4.44. The highest BCUT2D eigenvalue weighted by molar-refractivity contribution is 5.78. The van der Waals surface area contributed by atoms with Crippen LogP contribution in [0.1, 0.15) is 18.1 Å². The van der Waals surface area contributed by atoms with E-state index in [-0.39, 0.29) is 18.6 Å². The molecule has 1 atom stereocenters. The molecule has 0 spiro atoms. The predicted molar refractivity (Wildman–Crippen MR) is 92.5 cm³/mol. The van der Waals surface area contributed by atoms with Crippen molar-refractivity contribution in [2.75, 3.05) is 45.9 Å². The zero-order valence-electron chi connectivity index (χ0n) is 14.3. The molecule has 0 aliphatic carbocycles. The SMILES string of the molecule is Cc1ccccc1CC(C)NC(=O)CN1CCN(CCO)CC1. The monoisotopic (exact) mass is 319 g/mol. The van der Waals surface area contributed by atoms with Crippen molar-refractivity contribution in [1.29, 1.82) is 0 Å².